The van der Waals surface area contributed by atoms with Crippen molar-refractivity contribution in [2.24, 2.45) is 17.6 Å². The van der Waals surface area contributed by atoms with Crippen LogP contribution in [0.4, 0.5) is 0 Å². The number of hydrogen-bond donors (Lipinski definition) is 5. The van der Waals surface area contributed by atoms with Crippen molar-refractivity contribution in [2.45, 2.75) is 24.5 Å². The lowest BCUT2D eigenvalue weighted by Gasteiger charge is -2.50. The summed E-state index contributed by atoms with van der Waals surface area (Å²) in [7, 11) is 3.15. The Hall–Kier alpha value is -4.73. The number of aromatic hydroxyl groups is 1. The summed E-state index contributed by atoms with van der Waals surface area (Å²) in [6, 6.07) is 19.3. The minimum atomic E-state index is -2.68. The van der Waals surface area contributed by atoms with Crippen LogP contribution in [0.5, 0.6) is 5.75 Å². The summed E-state index contributed by atoms with van der Waals surface area (Å²) in [5.74, 6) is -6.72. The first-order chi connectivity index (χ1) is 20.0. The Kier molecular flexibility index (Phi) is 6.32. The molecule has 0 bridgehead atoms. The number of fused-ring (bicyclic) bond motifs is 3. The summed E-state index contributed by atoms with van der Waals surface area (Å²) in [5, 5.41) is 46.3. The van der Waals surface area contributed by atoms with E-state index in [9.17, 15) is 34.8 Å². The van der Waals surface area contributed by atoms with Gasteiger partial charge in [-0.05, 0) is 61.2 Å². The first kappa shape index (κ1) is 27.4. The number of benzene rings is 3. The average molecular weight is 567 g/mol. The molecule has 4 atom stereocenters. The molecule has 0 radical (unpaired) electrons. The molecule has 9 nitrogen and oxygen atoms in total. The first-order valence-electron chi connectivity index (χ1n) is 13.6. The highest BCUT2D eigenvalue weighted by Crippen LogP contribution is 2.55. The third-order valence-corrected chi connectivity index (χ3v) is 8.89. The number of carbonyl (C=O) groups excluding carboxylic acids is 3. The van der Waals surface area contributed by atoms with Crippen molar-refractivity contribution in [3.8, 4) is 28.0 Å². The van der Waals surface area contributed by atoms with Crippen LogP contribution in [0.2, 0.25) is 0 Å². The Morgan fingerprint density at radius 2 is 1.50 bits per heavy atom. The third-order valence-electron chi connectivity index (χ3n) is 8.89. The summed E-state index contributed by atoms with van der Waals surface area (Å²) in [4.78, 5) is 41.2. The number of phenolic OH excluding ortho intramolecular Hbond substituents is 1. The molecule has 0 saturated heterocycles. The molecule has 9 heteroatoms. The fraction of sp³-hybridized carbons (Fsp3) is 0.242. The van der Waals surface area contributed by atoms with Crippen LogP contribution in [0.15, 0.2) is 83.6 Å². The molecular weight excluding hydrogens is 536 g/mol. The zero-order chi connectivity index (χ0) is 30.1. The summed E-state index contributed by atoms with van der Waals surface area (Å²) < 4.78 is 0. The monoisotopic (exact) mass is 566 g/mol. The Balaban J connectivity index is 1.63. The highest BCUT2D eigenvalue weighted by Gasteiger charge is 2.64. The van der Waals surface area contributed by atoms with Crippen LogP contribution in [0.1, 0.15) is 17.5 Å². The van der Waals surface area contributed by atoms with Crippen molar-refractivity contribution in [1.29, 1.82) is 0 Å². The number of primary amides is 1. The van der Waals surface area contributed by atoms with E-state index >= 15 is 0 Å². The van der Waals surface area contributed by atoms with E-state index in [-0.39, 0.29) is 29.7 Å². The van der Waals surface area contributed by atoms with E-state index in [1.807, 2.05) is 66.7 Å². The predicted molar refractivity (Wildman–Crippen MR) is 155 cm³/mol. The van der Waals surface area contributed by atoms with Crippen molar-refractivity contribution in [1.82, 2.24) is 4.90 Å². The zero-order valence-electron chi connectivity index (χ0n) is 23.0. The molecule has 214 valence electrons. The number of amides is 1. The molecule has 3 aromatic rings. The van der Waals surface area contributed by atoms with Crippen LogP contribution >= 0.6 is 0 Å². The van der Waals surface area contributed by atoms with Gasteiger partial charge in [-0.2, -0.15) is 0 Å². The van der Waals surface area contributed by atoms with E-state index < -0.39 is 58.0 Å². The van der Waals surface area contributed by atoms with Crippen LogP contribution in [-0.2, 0) is 20.8 Å². The largest absolute Gasteiger partial charge is 0.508 e. The van der Waals surface area contributed by atoms with Crippen molar-refractivity contribution in [3.63, 3.8) is 0 Å². The van der Waals surface area contributed by atoms with E-state index in [0.717, 1.165) is 11.1 Å². The van der Waals surface area contributed by atoms with Crippen LogP contribution in [0.3, 0.4) is 0 Å². The number of hydrogen-bond acceptors (Lipinski definition) is 8. The number of nitrogens with zero attached hydrogens (tertiary/aromatic N) is 1. The Morgan fingerprint density at radius 1 is 0.929 bits per heavy atom. The Bertz CT molecular complexity index is 1730. The highest BCUT2D eigenvalue weighted by atomic mass is 16.3. The molecule has 1 amide bonds. The van der Waals surface area contributed by atoms with E-state index in [2.05, 4.69) is 0 Å². The van der Waals surface area contributed by atoms with Crippen LogP contribution in [0, 0.1) is 11.8 Å². The predicted octanol–water partition coefficient (Wildman–Crippen LogP) is 3.30. The minimum absolute atomic E-state index is 0.0290. The molecule has 0 heterocycles. The van der Waals surface area contributed by atoms with Crippen LogP contribution in [-0.4, -0.2) is 68.5 Å². The lowest BCUT2D eigenvalue weighted by atomic mass is 9.57. The van der Waals surface area contributed by atoms with E-state index in [4.69, 9.17) is 5.73 Å². The molecule has 6 rings (SSSR count). The van der Waals surface area contributed by atoms with Crippen molar-refractivity contribution >= 4 is 23.2 Å². The molecule has 0 aromatic heterocycles. The highest BCUT2D eigenvalue weighted by molar-refractivity contribution is 6.24. The number of rotatable bonds is 4. The second-order valence-corrected chi connectivity index (χ2v) is 11.4. The van der Waals surface area contributed by atoms with Gasteiger partial charge in [-0.3, -0.25) is 19.3 Å². The Morgan fingerprint density at radius 3 is 2.05 bits per heavy atom. The topological polar surface area (TPSA) is 161 Å². The van der Waals surface area contributed by atoms with E-state index in [1.54, 1.807) is 14.1 Å². The normalized spacial score (nSPS) is 25.3. The lowest BCUT2D eigenvalue weighted by molar-refractivity contribution is -0.153. The molecule has 3 aliphatic rings. The average Bonchev–Trinajstić information content (AvgIpc) is 2.95. The van der Waals surface area contributed by atoms with Gasteiger partial charge in [-0.1, -0.05) is 60.7 Å². The molecule has 42 heavy (non-hydrogen) atoms. The smallest absolute Gasteiger partial charge is 0.255 e. The first-order valence-corrected chi connectivity index (χ1v) is 13.6. The lowest BCUT2D eigenvalue weighted by Crippen LogP contribution is -2.65. The molecular formula is C33H30N2O7. The number of Topliss-reactive ketones (excluding diaryl/α,β-unsaturated/α-hetero) is 2. The van der Waals surface area contributed by atoms with Crippen molar-refractivity contribution in [3.05, 3.63) is 94.8 Å². The van der Waals surface area contributed by atoms with Gasteiger partial charge in [0.25, 0.3) is 5.91 Å². The number of aliphatic hydroxyl groups excluding tert-OH is 2. The van der Waals surface area contributed by atoms with Gasteiger partial charge < -0.3 is 26.2 Å². The quantitative estimate of drug-likeness (QED) is 0.301. The van der Waals surface area contributed by atoms with E-state index in [0.29, 0.717) is 16.7 Å². The van der Waals surface area contributed by atoms with E-state index in [1.165, 1.54) is 4.90 Å². The maximum atomic E-state index is 14.2. The zero-order valence-corrected chi connectivity index (χ0v) is 23.0. The van der Waals surface area contributed by atoms with Gasteiger partial charge in [0.15, 0.2) is 11.4 Å². The molecule has 0 aliphatic heterocycles. The van der Waals surface area contributed by atoms with Gasteiger partial charge in [0, 0.05) is 17.1 Å². The molecule has 3 aliphatic carbocycles. The third kappa shape index (κ3) is 3.74. The molecule has 0 spiro atoms. The van der Waals surface area contributed by atoms with Crippen molar-refractivity contribution < 1.29 is 34.8 Å². The number of phenols is 1. The summed E-state index contributed by atoms with van der Waals surface area (Å²) >= 11 is 0. The molecule has 1 saturated carbocycles. The minimum Gasteiger partial charge on any atom is -0.508 e. The van der Waals surface area contributed by atoms with Gasteiger partial charge in [-0.25, -0.2) is 0 Å². The van der Waals surface area contributed by atoms with Crippen LogP contribution < -0.4 is 5.73 Å². The van der Waals surface area contributed by atoms with Gasteiger partial charge in [0.05, 0.1) is 11.6 Å². The fourth-order valence-corrected chi connectivity index (χ4v) is 7.02. The van der Waals surface area contributed by atoms with Crippen molar-refractivity contribution in [2.75, 3.05) is 14.1 Å². The summed E-state index contributed by atoms with van der Waals surface area (Å²) in [5.41, 5.74) is 5.11. The van der Waals surface area contributed by atoms with Crippen LogP contribution in [0.25, 0.3) is 28.0 Å². The fourth-order valence-electron chi connectivity index (χ4n) is 7.02. The van der Waals surface area contributed by atoms with Gasteiger partial charge in [0.1, 0.15) is 22.8 Å². The maximum Gasteiger partial charge on any atom is 0.255 e. The Labute approximate surface area is 241 Å². The molecule has 1 fully saturated rings. The molecule has 3 aromatic carbocycles. The number of ketones is 2. The summed E-state index contributed by atoms with van der Waals surface area (Å²) in [6.45, 7) is 0. The number of carbonyl (C=O) groups is 3. The number of likely N-dealkylation sites (N-methyl/N-ethyl adjacent to an activating group) is 1. The summed E-state index contributed by atoms with van der Waals surface area (Å²) in [6.07, 6.45) is 0.239. The van der Waals surface area contributed by atoms with Gasteiger partial charge in [-0.15, -0.1) is 0 Å². The standard InChI is InChI=1S/C33H30N2O7/c1-35(2)26-22-14-18-13-21-19(16-9-5-3-6-10-16)15-20(17-11-7-4-8-12-17)27(36)24(21)28(37)23(18)30(39)33(22,42)31(40)25(29(26)38)32(34)41/h3-12,15,18,22,26,36-37,40,42H,13-14H2,1-2H3,(H2,34,41)/t18?,22?,26-,33-/m0/s1. The second-order valence-electron chi connectivity index (χ2n) is 11.4. The van der Waals surface area contributed by atoms with Gasteiger partial charge >= 0.3 is 0 Å². The SMILES string of the molecule is CN(C)[C@@H]1C(=O)C(C(N)=O)=C(O)[C@@]2(O)C(=O)C3=C(O)c4c(O)c(-c5ccccc5)cc(-c5ccccc5)c4CC3CC12. The second kappa shape index (κ2) is 9.68. The number of aliphatic hydroxyl groups is 3. The molecule has 2 unspecified atom stereocenters. The van der Waals surface area contributed by atoms with Gasteiger partial charge in [0.2, 0.25) is 5.78 Å². The maximum absolute atomic E-state index is 14.2. The number of nitrogens with two attached hydrogens (primary N) is 1. The molecule has 6 N–H and O–H groups in total.